The van der Waals surface area contributed by atoms with E-state index in [1.54, 1.807) is 29.2 Å². The fraction of sp³-hybridized carbons (Fsp3) is 0.158. The average molecular weight is 341 g/mol. The molecule has 0 atom stereocenters. The van der Waals surface area contributed by atoms with Crippen molar-refractivity contribution in [3.8, 4) is 0 Å². The molecule has 0 aliphatic carbocycles. The van der Waals surface area contributed by atoms with Crippen molar-refractivity contribution < 1.29 is 4.79 Å². The molecule has 0 bridgehead atoms. The van der Waals surface area contributed by atoms with Crippen LogP contribution in [0.3, 0.4) is 0 Å². The first-order valence-electron chi connectivity index (χ1n) is 7.75. The van der Waals surface area contributed by atoms with E-state index in [4.69, 9.17) is 11.6 Å². The van der Waals surface area contributed by atoms with E-state index in [0.29, 0.717) is 23.5 Å². The zero-order valence-electron chi connectivity index (χ0n) is 13.3. The van der Waals surface area contributed by atoms with Gasteiger partial charge in [-0.3, -0.25) is 9.59 Å². The Balaban J connectivity index is 1.94. The van der Waals surface area contributed by atoms with Crippen molar-refractivity contribution in [2.24, 2.45) is 0 Å². The number of rotatable bonds is 4. The van der Waals surface area contributed by atoms with Gasteiger partial charge in [0.15, 0.2) is 0 Å². The number of benzene rings is 2. The Kier molecular flexibility index (Phi) is 4.67. The first-order valence-corrected chi connectivity index (χ1v) is 8.12. The molecule has 1 heterocycles. The third kappa shape index (κ3) is 3.19. The topological polar surface area (TPSA) is 53.2 Å². The van der Waals surface area contributed by atoms with Crippen LogP contribution in [-0.2, 0) is 6.54 Å². The van der Waals surface area contributed by atoms with Crippen LogP contribution in [0.4, 0.5) is 0 Å². The summed E-state index contributed by atoms with van der Waals surface area (Å²) in [5, 5.41) is 1.94. The molecule has 2 aromatic carbocycles. The fourth-order valence-corrected chi connectivity index (χ4v) is 2.85. The molecule has 0 aliphatic heterocycles. The summed E-state index contributed by atoms with van der Waals surface area (Å²) in [7, 11) is 0. The number of aromatic amines is 1. The van der Waals surface area contributed by atoms with E-state index in [2.05, 4.69) is 4.98 Å². The van der Waals surface area contributed by atoms with Crippen LogP contribution in [0.1, 0.15) is 23.0 Å². The molecule has 1 amide bonds. The summed E-state index contributed by atoms with van der Waals surface area (Å²) in [6, 6.07) is 16.4. The summed E-state index contributed by atoms with van der Waals surface area (Å²) in [5.74, 6) is -0.222. The number of carbonyl (C=O) groups excluding carboxylic acids is 1. The molecule has 0 aliphatic rings. The maximum Gasteiger partial charge on any atom is 0.270 e. The van der Waals surface area contributed by atoms with Crippen molar-refractivity contribution in [1.29, 1.82) is 0 Å². The van der Waals surface area contributed by atoms with E-state index in [0.717, 1.165) is 10.9 Å². The number of halogens is 1. The van der Waals surface area contributed by atoms with Crippen LogP contribution in [0.2, 0.25) is 5.02 Å². The van der Waals surface area contributed by atoms with Gasteiger partial charge in [0.1, 0.15) is 5.69 Å². The second-order valence-electron chi connectivity index (χ2n) is 5.51. The summed E-state index contributed by atoms with van der Waals surface area (Å²) in [6.07, 6.45) is 0. The highest BCUT2D eigenvalue weighted by Gasteiger charge is 2.17. The molecule has 122 valence electrons. The van der Waals surface area contributed by atoms with E-state index in [1.807, 2.05) is 37.3 Å². The van der Waals surface area contributed by atoms with Crippen molar-refractivity contribution in [2.45, 2.75) is 13.5 Å². The molecule has 1 aromatic heterocycles. The maximum atomic E-state index is 12.8. The average Bonchev–Trinajstić information content (AvgIpc) is 2.60. The first kappa shape index (κ1) is 16.3. The molecular weight excluding hydrogens is 324 g/mol. The number of hydrogen-bond donors (Lipinski definition) is 1. The number of H-pyrrole nitrogens is 1. The number of pyridine rings is 1. The lowest BCUT2D eigenvalue weighted by Gasteiger charge is -2.21. The number of nitrogens with zero attached hydrogens (tertiary/aromatic N) is 1. The van der Waals surface area contributed by atoms with Crippen LogP contribution < -0.4 is 5.56 Å². The lowest BCUT2D eigenvalue weighted by molar-refractivity contribution is 0.0746. The van der Waals surface area contributed by atoms with Crippen LogP contribution in [-0.4, -0.2) is 22.3 Å². The highest BCUT2D eigenvalue weighted by atomic mass is 35.5. The maximum absolute atomic E-state index is 12.8. The standard InChI is InChI=1S/C19H17ClN2O2/c1-2-22(12-14-8-4-6-10-16(14)20)19(24)17-11-13-7-3-5-9-15(13)18(23)21-17/h3-11H,2,12H2,1H3,(H,21,23). The Bertz CT molecular complexity index is 949. The normalized spacial score (nSPS) is 10.8. The number of fused-ring (bicyclic) bond motifs is 1. The Hall–Kier alpha value is -2.59. The molecule has 3 aromatic rings. The molecule has 5 heteroatoms. The lowest BCUT2D eigenvalue weighted by Crippen LogP contribution is -2.32. The molecule has 3 rings (SSSR count). The number of hydrogen-bond acceptors (Lipinski definition) is 2. The highest BCUT2D eigenvalue weighted by molar-refractivity contribution is 6.31. The predicted molar refractivity (Wildman–Crippen MR) is 96.4 cm³/mol. The van der Waals surface area contributed by atoms with E-state index in [-0.39, 0.29) is 17.2 Å². The second kappa shape index (κ2) is 6.89. The van der Waals surface area contributed by atoms with Gasteiger partial charge in [-0.05, 0) is 36.1 Å². The largest absolute Gasteiger partial charge is 0.333 e. The van der Waals surface area contributed by atoms with Crippen LogP contribution in [0.15, 0.2) is 59.4 Å². The van der Waals surface area contributed by atoms with Crippen molar-refractivity contribution in [3.05, 3.63) is 81.2 Å². The number of carbonyl (C=O) groups is 1. The quantitative estimate of drug-likeness (QED) is 0.784. The molecule has 0 unspecified atom stereocenters. The van der Waals surface area contributed by atoms with Gasteiger partial charge in [-0.15, -0.1) is 0 Å². The second-order valence-corrected chi connectivity index (χ2v) is 5.92. The third-order valence-electron chi connectivity index (χ3n) is 3.97. The zero-order chi connectivity index (χ0) is 17.1. The van der Waals surface area contributed by atoms with Gasteiger partial charge < -0.3 is 9.88 Å². The van der Waals surface area contributed by atoms with E-state index < -0.39 is 0 Å². The van der Waals surface area contributed by atoms with Crippen LogP contribution in [0, 0.1) is 0 Å². The van der Waals surface area contributed by atoms with Crippen molar-refractivity contribution in [3.63, 3.8) is 0 Å². The molecule has 0 fully saturated rings. The number of nitrogens with one attached hydrogen (secondary N) is 1. The van der Waals surface area contributed by atoms with Gasteiger partial charge >= 0.3 is 0 Å². The van der Waals surface area contributed by atoms with Crippen molar-refractivity contribution in [2.75, 3.05) is 6.54 Å². The summed E-state index contributed by atoms with van der Waals surface area (Å²) in [5.41, 5.74) is 0.898. The van der Waals surface area contributed by atoms with Gasteiger partial charge in [0.05, 0.1) is 0 Å². The molecule has 1 N–H and O–H groups in total. The first-order chi connectivity index (χ1) is 11.6. The van der Waals surface area contributed by atoms with Crippen LogP contribution in [0.5, 0.6) is 0 Å². The molecule has 24 heavy (non-hydrogen) atoms. The molecular formula is C19H17ClN2O2. The van der Waals surface area contributed by atoms with Crippen molar-refractivity contribution >= 4 is 28.3 Å². The van der Waals surface area contributed by atoms with Gasteiger partial charge in [0.2, 0.25) is 0 Å². The fourth-order valence-electron chi connectivity index (χ4n) is 2.66. The van der Waals surface area contributed by atoms with Gasteiger partial charge in [0, 0.05) is 23.5 Å². The number of aromatic nitrogens is 1. The Labute approximate surface area is 144 Å². The highest BCUT2D eigenvalue weighted by Crippen LogP contribution is 2.18. The smallest absolute Gasteiger partial charge is 0.270 e. The predicted octanol–water partition coefficient (Wildman–Crippen LogP) is 3.84. The van der Waals surface area contributed by atoms with Gasteiger partial charge in [-0.1, -0.05) is 48.0 Å². The number of amides is 1. The molecule has 0 saturated carbocycles. The minimum atomic E-state index is -0.259. The Morgan fingerprint density at radius 3 is 2.58 bits per heavy atom. The van der Waals surface area contributed by atoms with Crippen LogP contribution in [0.25, 0.3) is 10.8 Å². The minimum Gasteiger partial charge on any atom is -0.333 e. The molecule has 0 spiro atoms. The summed E-state index contributed by atoms with van der Waals surface area (Å²) in [4.78, 5) is 29.3. The monoisotopic (exact) mass is 340 g/mol. The van der Waals surface area contributed by atoms with E-state index >= 15 is 0 Å². The van der Waals surface area contributed by atoms with E-state index in [9.17, 15) is 9.59 Å². The van der Waals surface area contributed by atoms with Crippen molar-refractivity contribution in [1.82, 2.24) is 9.88 Å². The lowest BCUT2D eigenvalue weighted by atomic mass is 10.1. The van der Waals surface area contributed by atoms with Gasteiger partial charge in [-0.25, -0.2) is 0 Å². The summed E-state index contributed by atoms with van der Waals surface area (Å²) in [6.45, 7) is 2.80. The summed E-state index contributed by atoms with van der Waals surface area (Å²) >= 11 is 6.18. The molecule has 4 nitrogen and oxygen atoms in total. The zero-order valence-corrected chi connectivity index (χ0v) is 14.0. The van der Waals surface area contributed by atoms with Crippen LogP contribution >= 0.6 is 11.6 Å². The van der Waals surface area contributed by atoms with Gasteiger partial charge in [0.25, 0.3) is 11.5 Å². The van der Waals surface area contributed by atoms with Gasteiger partial charge in [-0.2, -0.15) is 0 Å². The molecule has 0 radical (unpaired) electrons. The third-order valence-corrected chi connectivity index (χ3v) is 4.34. The summed E-state index contributed by atoms with van der Waals surface area (Å²) < 4.78 is 0. The minimum absolute atomic E-state index is 0.222. The van der Waals surface area contributed by atoms with E-state index in [1.165, 1.54) is 0 Å². The molecule has 0 saturated heterocycles. The Morgan fingerprint density at radius 1 is 1.12 bits per heavy atom. The Morgan fingerprint density at radius 2 is 1.83 bits per heavy atom. The SMILES string of the molecule is CCN(Cc1ccccc1Cl)C(=O)c1cc2ccccc2c(=O)[nH]1.